The van der Waals surface area contributed by atoms with Crippen molar-refractivity contribution in [3.8, 4) is 0 Å². The summed E-state index contributed by atoms with van der Waals surface area (Å²) < 4.78 is 2.68. The highest BCUT2D eigenvalue weighted by atomic mass is 16.2. The molecule has 0 spiro atoms. The van der Waals surface area contributed by atoms with Gasteiger partial charge >= 0.3 is 5.69 Å². The molecule has 3 heterocycles. The van der Waals surface area contributed by atoms with Gasteiger partial charge in [0.05, 0.1) is 17.7 Å². The van der Waals surface area contributed by atoms with Crippen LogP contribution >= 0.6 is 0 Å². The number of carbonyl (C=O) groups is 2. The number of hydrogen-bond acceptors (Lipinski definition) is 4. The van der Waals surface area contributed by atoms with Crippen molar-refractivity contribution in [3.05, 3.63) is 70.3 Å². The van der Waals surface area contributed by atoms with Crippen molar-refractivity contribution in [1.82, 2.24) is 19.1 Å². The molecule has 2 amide bonds. The van der Waals surface area contributed by atoms with E-state index in [1.165, 1.54) is 9.08 Å². The second-order valence-electron chi connectivity index (χ2n) is 5.24. The molecule has 0 radical (unpaired) electrons. The van der Waals surface area contributed by atoms with E-state index < -0.39 is 0 Å². The molecule has 0 saturated heterocycles. The van der Waals surface area contributed by atoms with Crippen molar-refractivity contribution in [1.29, 1.82) is 0 Å². The van der Waals surface area contributed by atoms with Crippen molar-refractivity contribution < 1.29 is 9.59 Å². The Hall–Kier alpha value is -3.22. The molecule has 4 rings (SSSR count). The molecule has 2 aromatic heterocycles. The molecule has 1 aliphatic heterocycles. The van der Waals surface area contributed by atoms with Gasteiger partial charge in [0, 0.05) is 12.7 Å². The fourth-order valence-electron chi connectivity index (χ4n) is 2.75. The van der Waals surface area contributed by atoms with Gasteiger partial charge in [-0.2, -0.15) is 0 Å². The number of amides is 2. The predicted octanol–water partition coefficient (Wildman–Crippen LogP) is 0.792. The van der Waals surface area contributed by atoms with Crippen LogP contribution < -0.4 is 5.69 Å². The van der Waals surface area contributed by atoms with Gasteiger partial charge in [-0.1, -0.05) is 18.2 Å². The predicted molar refractivity (Wildman–Crippen MR) is 81.3 cm³/mol. The zero-order valence-electron chi connectivity index (χ0n) is 12.0. The van der Waals surface area contributed by atoms with E-state index in [-0.39, 0.29) is 30.6 Å². The number of fused-ring (bicyclic) bond motifs is 2. The summed E-state index contributed by atoms with van der Waals surface area (Å²) in [6, 6.07) is 12.0. The fourth-order valence-corrected chi connectivity index (χ4v) is 2.75. The van der Waals surface area contributed by atoms with Crippen molar-refractivity contribution in [2.24, 2.45) is 0 Å². The van der Waals surface area contributed by atoms with Gasteiger partial charge < -0.3 is 0 Å². The lowest BCUT2D eigenvalue weighted by molar-refractivity contribution is 0.0647. The number of nitrogens with zero attached hydrogens (tertiary/aromatic N) is 4. The summed E-state index contributed by atoms with van der Waals surface area (Å²) in [6.45, 7) is 0.266. The molecule has 0 unspecified atom stereocenters. The first-order valence-electron chi connectivity index (χ1n) is 7.16. The average Bonchev–Trinajstić information content (AvgIpc) is 3.02. The molecule has 1 aliphatic rings. The first-order valence-corrected chi connectivity index (χ1v) is 7.16. The third kappa shape index (κ3) is 1.97. The molecule has 0 saturated carbocycles. The Bertz CT molecular complexity index is 967. The summed E-state index contributed by atoms with van der Waals surface area (Å²) in [5, 5.41) is 4.19. The molecular weight excluding hydrogens is 296 g/mol. The minimum atomic E-state index is -0.331. The highest BCUT2D eigenvalue weighted by Gasteiger charge is 2.34. The van der Waals surface area contributed by atoms with Crippen LogP contribution in [0.1, 0.15) is 20.7 Å². The second kappa shape index (κ2) is 4.91. The maximum Gasteiger partial charge on any atom is 0.350 e. The minimum Gasteiger partial charge on any atom is -0.272 e. The number of aromatic nitrogens is 3. The summed E-state index contributed by atoms with van der Waals surface area (Å²) in [5.74, 6) is -0.662. The standard InChI is InChI=1S/C16H12N4O3/c21-14-11-5-1-2-6-12(11)15(22)19(14)9-10-20-16(23)18-8-4-3-7-13(18)17-20/h1-8H,9-10H2. The third-order valence-corrected chi connectivity index (χ3v) is 3.90. The van der Waals surface area contributed by atoms with E-state index >= 15 is 0 Å². The quantitative estimate of drug-likeness (QED) is 0.670. The summed E-state index contributed by atoms with van der Waals surface area (Å²) in [5.41, 5.74) is 1.04. The number of carbonyl (C=O) groups excluding carboxylic acids is 2. The van der Waals surface area contributed by atoms with Crippen molar-refractivity contribution in [2.45, 2.75) is 6.54 Å². The number of rotatable bonds is 3. The minimum absolute atomic E-state index is 0.107. The molecular formula is C16H12N4O3. The summed E-state index contributed by atoms with van der Waals surface area (Å²) in [4.78, 5) is 37.9. The van der Waals surface area contributed by atoms with Crippen LogP contribution in [-0.4, -0.2) is 37.4 Å². The highest BCUT2D eigenvalue weighted by molar-refractivity contribution is 6.21. The van der Waals surface area contributed by atoms with Crippen LogP contribution in [0, 0.1) is 0 Å². The molecule has 0 bridgehead atoms. The lowest BCUT2D eigenvalue weighted by atomic mass is 10.1. The Balaban J connectivity index is 1.60. The Morgan fingerprint density at radius 1 is 0.826 bits per heavy atom. The van der Waals surface area contributed by atoms with Crippen molar-refractivity contribution in [3.63, 3.8) is 0 Å². The van der Waals surface area contributed by atoms with Crippen LogP contribution in [0.25, 0.3) is 5.65 Å². The zero-order valence-corrected chi connectivity index (χ0v) is 12.0. The monoisotopic (exact) mass is 308 g/mol. The van der Waals surface area contributed by atoms with Crippen LogP contribution in [0.3, 0.4) is 0 Å². The topological polar surface area (TPSA) is 76.7 Å². The van der Waals surface area contributed by atoms with Gasteiger partial charge in [0.15, 0.2) is 5.65 Å². The van der Waals surface area contributed by atoms with E-state index in [9.17, 15) is 14.4 Å². The van der Waals surface area contributed by atoms with E-state index in [0.29, 0.717) is 16.8 Å². The first-order chi connectivity index (χ1) is 11.2. The Morgan fingerprint density at radius 3 is 2.13 bits per heavy atom. The van der Waals surface area contributed by atoms with Gasteiger partial charge in [-0.15, -0.1) is 5.10 Å². The second-order valence-corrected chi connectivity index (χ2v) is 5.24. The molecule has 7 nitrogen and oxygen atoms in total. The number of imide groups is 1. The van der Waals surface area contributed by atoms with Gasteiger partial charge in [-0.25, -0.2) is 9.48 Å². The van der Waals surface area contributed by atoms with Gasteiger partial charge in [-0.3, -0.25) is 18.9 Å². The first kappa shape index (κ1) is 13.4. The lowest BCUT2D eigenvalue weighted by Gasteiger charge is -2.12. The third-order valence-electron chi connectivity index (χ3n) is 3.90. The van der Waals surface area contributed by atoms with E-state index in [2.05, 4.69) is 5.10 Å². The van der Waals surface area contributed by atoms with E-state index in [1.54, 1.807) is 48.7 Å². The molecule has 0 aliphatic carbocycles. The summed E-state index contributed by atoms with van der Waals surface area (Å²) in [6.07, 6.45) is 1.63. The molecule has 0 N–H and O–H groups in total. The van der Waals surface area contributed by atoms with Crippen LogP contribution in [0.5, 0.6) is 0 Å². The van der Waals surface area contributed by atoms with Gasteiger partial charge in [0.2, 0.25) is 0 Å². The van der Waals surface area contributed by atoms with Crippen LogP contribution in [0.15, 0.2) is 53.5 Å². The van der Waals surface area contributed by atoms with Crippen LogP contribution in [-0.2, 0) is 6.54 Å². The van der Waals surface area contributed by atoms with Crippen molar-refractivity contribution >= 4 is 17.5 Å². The van der Waals surface area contributed by atoms with Gasteiger partial charge in [0.25, 0.3) is 11.8 Å². The zero-order chi connectivity index (χ0) is 16.0. The molecule has 3 aromatic rings. The molecule has 23 heavy (non-hydrogen) atoms. The van der Waals surface area contributed by atoms with E-state index in [1.807, 2.05) is 0 Å². The lowest BCUT2D eigenvalue weighted by Crippen LogP contribution is -2.35. The van der Waals surface area contributed by atoms with Crippen molar-refractivity contribution in [2.75, 3.05) is 6.54 Å². The number of pyridine rings is 1. The molecule has 114 valence electrons. The Morgan fingerprint density at radius 2 is 1.48 bits per heavy atom. The number of hydrogen-bond donors (Lipinski definition) is 0. The van der Waals surface area contributed by atoms with E-state index in [0.717, 1.165) is 4.90 Å². The maximum atomic E-state index is 12.3. The van der Waals surface area contributed by atoms with E-state index in [4.69, 9.17) is 0 Å². The molecule has 1 aromatic carbocycles. The van der Waals surface area contributed by atoms with Gasteiger partial charge in [0.1, 0.15) is 0 Å². The van der Waals surface area contributed by atoms with Gasteiger partial charge in [-0.05, 0) is 24.3 Å². The smallest absolute Gasteiger partial charge is 0.272 e. The number of benzene rings is 1. The van der Waals surface area contributed by atoms with Crippen LogP contribution in [0.4, 0.5) is 0 Å². The van der Waals surface area contributed by atoms with Crippen LogP contribution in [0.2, 0.25) is 0 Å². The maximum absolute atomic E-state index is 12.3. The Kier molecular flexibility index (Phi) is 2.87. The Labute approximate surface area is 130 Å². The normalized spacial score (nSPS) is 13.8. The summed E-state index contributed by atoms with van der Waals surface area (Å²) in [7, 11) is 0. The SMILES string of the molecule is O=C1c2ccccc2C(=O)N1CCn1nc2ccccn2c1=O. The fraction of sp³-hybridized carbons (Fsp3) is 0.125. The average molecular weight is 308 g/mol. The molecule has 0 fully saturated rings. The summed E-state index contributed by atoms with van der Waals surface area (Å²) >= 11 is 0. The highest BCUT2D eigenvalue weighted by Crippen LogP contribution is 2.21. The molecule has 7 heteroatoms. The molecule has 0 atom stereocenters. The largest absolute Gasteiger partial charge is 0.350 e.